The van der Waals surface area contributed by atoms with E-state index in [4.69, 9.17) is 11.5 Å². The molecule has 0 spiro atoms. The van der Waals surface area contributed by atoms with Crippen LogP contribution in [0.2, 0.25) is 0 Å². The molecule has 8 heteroatoms. The van der Waals surface area contributed by atoms with Gasteiger partial charge in [-0.3, -0.25) is 4.79 Å². The summed E-state index contributed by atoms with van der Waals surface area (Å²) in [4.78, 5) is 12.4. The van der Waals surface area contributed by atoms with Crippen LogP contribution in [0.4, 0.5) is 10.1 Å². The van der Waals surface area contributed by atoms with Gasteiger partial charge >= 0.3 is 0 Å². The molecule has 0 aliphatic carbocycles. The van der Waals surface area contributed by atoms with Crippen molar-refractivity contribution < 1.29 is 9.18 Å². The first-order valence-electron chi connectivity index (χ1n) is 5.91. The van der Waals surface area contributed by atoms with Crippen LogP contribution in [0.1, 0.15) is 15.2 Å². The molecule has 0 aliphatic rings. The Hall–Kier alpha value is -1.64. The number of carbonyl (C=O) groups excluding carboxylic acids is 1. The number of hydrogen-bond acceptors (Lipinski definition) is 6. The van der Waals surface area contributed by atoms with Crippen LogP contribution in [-0.4, -0.2) is 10.3 Å². The molecular formula is C13H10FN3OS3. The number of thiophene rings is 1. The van der Waals surface area contributed by atoms with E-state index in [-0.39, 0.29) is 5.82 Å². The van der Waals surface area contributed by atoms with Crippen molar-refractivity contribution in [1.29, 1.82) is 0 Å². The molecule has 1 amide bonds. The fourth-order valence-corrected chi connectivity index (χ4v) is 4.94. The quantitative estimate of drug-likeness (QED) is 0.713. The summed E-state index contributed by atoms with van der Waals surface area (Å²) in [6.07, 6.45) is 0. The summed E-state index contributed by atoms with van der Waals surface area (Å²) < 4.78 is 18.1. The molecule has 4 nitrogen and oxygen atoms in total. The molecule has 0 unspecified atom stereocenters. The average molecular weight is 339 g/mol. The zero-order valence-corrected chi connectivity index (χ0v) is 13.1. The lowest BCUT2D eigenvalue weighted by Crippen LogP contribution is -2.10. The summed E-state index contributed by atoms with van der Waals surface area (Å²) in [6.45, 7) is 0. The van der Waals surface area contributed by atoms with Gasteiger partial charge in [0, 0.05) is 5.75 Å². The van der Waals surface area contributed by atoms with Gasteiger partial charge in [-0.15, -0.1) is 23.1 Å². The number of halogens is 1. The number of rotatable bonds is 4. The number of nitrogens with zero attached hydrogens (tertiary/aromatic N) is 1. The van der Waals surface area contributed by atoms with Gasteiger partial charge in [-0.05, 0) is 29.2 Å². The van der Waals surface area contributed by atoms with Gasteiger partial charge in [0.15, 0.2) is 0 Å². The van der Waals surface area contributed by atoms with Crippen LogP contribution in [0.3, 0.4) is 0 Å². The fourth-order valence-electron chi connectivity index (χ4n) is 1.83. The summed E-state index contributed by atoms with van der Waals surface area (Å²) >= 11 is 4.12. The van der Waals surface area contributed by atoms with E-state index in [9.17, 15) is 9.18 Å². The summed E-state index contributed by atoms with van der Waals surface area (Å²) in [6, 6.07) is 6.35. The van der Waals surface area contributed by atoms with E-state index in [0.29, 0.717) is 16.3 Å². The first-order valence-corrected chi connectivity index (χ1v) is 8.48. The van der Waals surface area contributed by atoms with Crippen molar-refractivity contribution in [1.82, 2.24) is 4.37 Å². The minimum atomic E-state index is -0.532. The van der Waals surface area contributed by atoms with Crippen LogP contribution in [0.25, 0.3) is 10.2 Å². The highest BCUT2D eigenvalue weighted by atomic mass is 32.2. The molecule has 21 heavy (non-hydrogen) atoms. The molecule has 108 valence electrons. The monoisotopic (exact) mass is 339 g/mol. The Balaban J connectivity index is 1.87. The molecule has 0 fully saturated rings. The number of nitrogen functional groups attached to an aromatic ring is 1. The first-order chi connectivity index (χ1) is 10.1. The number of thioether (sulfide) groups is 1. The first kappa shape index (κ1) is 14.3. The number of amides is 1. The predicted molar refractivity (Wildman–Crippen MR) is 86.4 cm³/mol. The number of anilines is 1. The Morgan fingerprint density at radius 1 is 1.33 bits per heavy atom. The normalized spacial score (nSPS) is 11.1. The molecule has 1 aromatic carbocycles. The summed E-state index contributed by atoms with van der Waals surface area (Å²) in [5, 5.41) is 0.797. The lowest BCUT2D eigenvalue weighted by Gasteiger charge is -2.00. The lowest BCUT2D eigenvalue weighted by atomic mass is 10.2. The van der Waals surface area contributed by atoms with Crippen molar-refractivity contribution in [2.75, 3.05) is 5.73 Å². The Bertz CT molecular complexity index is 810. The Labute approximate surface area is 132 Å². The third-order valence-electron chi connectivity index (χ3n) is 2.85. The molecule has 0 bridgehead atoms. The van der Waals surface area contributed by atoms with Gasteiger partial charge in [-0.1, -0.05) is 12.1 Å². The maximum absolute atomic E-state index is 12.9. The van der Waals surface area contributed by atoms with Crippen molar-refractivity contribution in [3.63, 3.8) is 0 Å². The molecule has 3 aromatic rings. The van der Waals surface area contributed by atoms with Crippen LogP contribution < -0.4 is 11.5 Å². The van der Waals surface area contributed by atoms with E-state index < -0.39 is 5.91 Å². The predicted octanol–water partition coefficient (Wildman–Crippen LogP) is 3.47. The highest BCUT2D eigenvalue weighted by molar-refractivity contribution is 8.00. The Morgan fingerprint density at radius 2 is 2.05 bits per heavy atom. The van der Waals surface area contributed by atoms with Gasteiger partial charge < -0.3 is 11.5 Å². The maximum Gasteiger partial charge on any atom is 0.260 e. The van der Waals surface area contributed by atoms with Gasteiger partial charge in [0.1, 0.15) is 15.5 Å². The smallest absolute Gasteiger partial charge is 0.260 e. The zero-order valence-electron chi connectivity index (χ0n) is 10.6. The zero-order chi connectivity index (χ0) is 15.0. The highest BCUT2D eigenvalue weighted by Gasteiger charge is 2.19. The van der Waals surface area contributed by atoms with E-state index in [0.717, 1.165) is 20.0 Å². The molecule has 0 radical (unpaired) electrons. The van der Waals surface area contributed by atoms with Crippen LogP contribution in [0.5, 0.6) is 0 Å². The second-order valence-electron chi connectivity index (χ2n) is 4.27. The molecule has 0 saturated heterocycles. The summed E-state index contributed by atoms with van der Waals surface area (Å²) in [5.41, 5.74) is 12.7. The standard InChI is InChI=1S/C13H10FN3OS3/c14-7-3-1-6(2-4-7)5-19-13-8-9(15)10(11(16)18)20-12(8)17-21-13/h1-4H,5,15H2,(H2,16,18). The van der Waals surface area contributed by atoms with E-state index in [1.807, 2.05) is 0 Å². The van der Waals surface area contributed by atoms with Gasteiger partial charge in [0.2, 0.25) is 0 Å². The molecule has 0 saturated carbocycles. The number of hydrogen-bond donors (Lipinski definition) is 2. The van der Waals surface area contributed by atoms with E-state index in [1.54, 1.807) is 23.9 Å². The number of aromatic nitrogens is 1. The van der Waals surface area contributed by atoms with Crippen LogP contribution in [0.15, 0.2) is 28.5 Å². The van der Waals surface area contributed by atoms with Gasteiger partial charge in [-0.25, -0.2) is 4.39 Å². The van der Waals surface area contributed by atoms with Crippen molar-refractivity contribution in [3.05, 3.63) is 40.5 Å². The van der Waals surface area contributed by atoms with Crippen LogP contribution >= 0.6 is 34.6 Å². The molecule has 2 aromatic heterocycles. The topological polar surface area (TPSA) is 82.0 Å². The van der Waals surface area contributed by atoms with Crippen molar-refractivity contribution >= 4 is 56.4 Å². The van der Waals surface area contributed by atoms with Crippen LogP contribution in [0, 0.1) is 5.82 Å². The summed E-state index contributed by atoms with van der Waals surface area (Å²) in [7, 11) is 0. The molecule has 4 N–H and O–H groups in total. The second kappa shape index (κ2) is 5.63. The Morgan fingerprint density at radius 3 is 2.71 bits per heavy atom. The number of fused-ring (bicyclic) bond motifs is 1. The highest BCUT2D eigenvalue weighted by Crippen LogP contribution is 2.42. The van der Waals surface area contributed by atoms with Crippen LogP contribution in [-0.2, 0) is 5.75 Å². The second-order valence-corrected chi connectivity index (χ2v) is 7.29. The minimum absolute atomic E-state index is 0.253. The average Bonchev–Trinajstić information content (AvgIpc) is 2.99. The SMILES string of the molecule is NC(=O)c1sc2nsc(SCc3ccc(F)cc3)c2c1N. The molecular weight excluding hydrogens is 329 g/mol. The largest absolute Gasteiger partial charge is 0.397 e. The third kappa shape index (κ3) is 2.74. The maximum atomic E-state index is 12.9. The minimum Gasteiger partial charge on any atom is -0.397 e. The van der Waals surface area contributed by atoms with E-state index in [1.165, 1.54) is 35.0 Å². The molecule has 0 atom stereocenters. The lowest BCUT2D eigenvalue weighted by molar-refractivity contribution is 0.100. The number of carbonyl (C=O) groups is 1. The fraction of sp³-hybridized carbons (Fsp3) is 0.0769. The number of primary amides is 1. The van der Waals surface area contributed by atoms with Gasteiger partial charge in [0.05, 0.1) is 15.3 Å². The number of nitrogens with two attached hydrogens (primary N) is 2. The van der Waals surface area contributed by atoms with Crippen molar-refractivity contribution in [3.8, 4) is 0 Å². The van der Waals surface area contributed by atoms with Crippen molar-refractivity contribution in [2.45, 2.75) is 9.96 Å². The van der Waals surface area contributed by atoms with E-state index in [2.05, 4.69) is 4.37 Å². The molecule has 0 aliphatic heterocycles. The van der Waals surface area contributed by atoms with Crippen molar-refractivity contribution in [2.24, 2.45) is 5.73 Å². The van der Waals surface area contributed by atoms with Gasteiger partial charge in [-0.2, -0.15) is 4.37 Å². The summed E-state index contributed by atoms with van der Waals surface area (Å²) in [5.74, 6) is -0.106. The molecule has 3 rings (SSSR count). The third-order valence-corrected chi connectivity index (χ3v) is 6.24. The molecule has 2 heterocycles. The Kier molecular flexibility index (Phi) is 3.83. The number of benzene rings is 1. The van der Waals surface area contributed by atoms with Gasteiger partial charge in [0.25, 0.3) is 5.91 Å². The van der Waals surface area contributed by atoms with E-state index >= 15 is 0 Å².